The lowest BCUT2D eigenvalue weighted by atomic mass is 9.92. The summed E-state index contributed by atoms with van der Waals surface area (Å²) < 4.78 is 0. The third-order valence-corrected chi connectivity index (χ3v) is 10.2. The molecule has 0 saturated carbocycles. The lowest BCUT2D eigenvalue weighted by Crippen LogP contribution is -2.01. The van der Waals surface area contributed by atoms with Gasteiger partial charge in [0, 0.05) is 33.4 Å². The molecule has 0 N–H and O–H groups in total. The molecule has 0 saturated heterocycles. The molecule has 56 heavy (non-hydrogen) atoms. The van der Waals surface area contributed by atoms with Crippen LogP contribution in [0, 0.1) is 0 Å². The topological polar surface area (TPSA) is 64.5 Å². The Morgan fingerprint density at radius 1 is 0.250 bits per heavy atom. The predicted molar refractivity (Wildman–Crippen MR) is 228 cm³/mol. The molecule has 0 atom stereocenters. The fourth-order valence-corrected chi connectivity index (χ4v) is 7.50. The maximum absolute atomic E-state index is 5.27. The van der Waals surface area contributed by atoms with Crippen molar-refractivity contribution in [2.75, 3.05) is 0 Å². The number of hydrogen-bond acceptors (Lipinski definition) is 5. The van der Waals surface area contributed by atoms with Crippen LogP contribution in [0.3, 0.4) is 0 Å². The zero-order chi connectivity index (χ0) is 37.3. The van der Waals surface area contributed by atoms with Gasteiger partial charge in [0.05, 0.1) is 11.4 Å². The summed E-state index contributed by atoms with van der Waals surface area (Å²) in [6.07, 6.45) is 0. The van der Waals surface area contributed by atoms with E-state index in [0.29, 0.717) is 23.3 Å². The number of nitrogens with zero attached hydrogens (tertiary/aromatic N) is 5. The van der Waals surface area contributed by atoms with E-state index in [9.17, 15) is 0 Å². The van der Waals surface area contributed by atoms with Crippen LogP contribution < -0.4 is 0 Å². The van der Waals surface area contributed by atoms with Crippen molar-refractivity contribution in [1.82, 2.24) is 24.9 Å². The van der Waals surface area contributed by atoms with Crippen LogP contribution in [0.2, 0.25) is 0 Å². The molecular formula is C51H33N5. The molecule has 0 spiro atoms. The Bertz CT molecular complexity index is 2940. The van der Waals surface area contributed by atoms with Gasteiger partial charge in [-0.1, -0.05) is 188 Å². The van der Waals surface area contributed by atoms with Crippen molar-refractivity contribution < 1.29 is 0 Å². The maximum atomic E-state index is 5.27. The normalized spacial score (nSPS) is 11.2. The summed E-state index contributed by atoms with van der Waals surface area (Å²) in [6.45, 7) is 0. The van der Waals surface area contributed by atoms with Crippen LogP contribution in [0.4, 0.5) is 0 Å². The molecule has 2 heterocycles. The van der Waals surface area contributed by atoms with Crippen LogP contribution >= 0.6 is 0 Å². The largest absolute Gasteiger partial charge is 0.228 e. The van der Waals surface area contributed by atoms with Crippen LogP contribution in [-0.2, 0) is 0 Å². The number of benzene rings is 8. The van der Waals surface area contributed by atoms with Crippen molar-refractivity contribution in [3.8, 4) is 79.2 Å². The first-order chi connectivity index (χ1) is 27.8. The highest BCUT2D eigenvalue weighted by atomic mass is 15.0. The van der Waals surface area contributed by atoms with E-state index in [1.165, 1.54) is 0 Å². The number of rotatable bonds is 7. The van der Waals surface area contributed by atoms with E-state index in [0.717, 1.165) is 77.4 Å². The lowest BCUT2D eigenvalue weighted by molar-refractivity contribution is 1.08. The van der Waals surface area contributed by atoms with Crippen molar-refractivity contribution in [2.45, 2.75) is 0 Å². The molecule has 5 heteroatoms. The molecule has 0 aliphatic heterocycles. The molecule has 10 rings (SSSR count). The van der Waals surface area contributed by atoms with Crippen molar-refractivity contribution in [1.29, 1.82) is 0 Å². The molecule has 0 unspecified atom stereocenters. The minimum atomic E-state index is 0.609. The molecule has 8 aromatic carbocycles. The second kappa shape index (κ2) is 14.3. The van der Waals surface area contributed by atoms with E-state index in [4.69, 9.17) is 24.9 Å². The average molecular weight is 716 g/mol. The summed E-state index contributed by atoms with van der Waals surface area (Å²) >= 11 is 0. The molecule has 0 bridgehead atoms. The third kappa shape index (κ3) is 6.17. The van der Waals surface area contributed by atoms with Gasteiger partial charge in [-0.05, 0) is 44.8 Å². The molecule has 5 nitrogen and oxygen atoms in total. The minimum Gasteiger partial charge on any atom is -0.228 e. The summed E-state index contributed by atoms with van der Waals surface area (Å²) in [7, 11) is 0. The van der Waals surface area contributed by atoms with Crippen LogP contribution in [0.1, 0.15) is 0 Å². The van der Waals surface area contributed by atoms with Gasteiger partial charge in [0.2, 0.25) is 0 Å². The van der Waals surface area contributed by atoms with Gasteiger partial charge in [-0.2, -0.15) is 0 Å². The molecule has 262 valence electrons. The standard InChI is InChI=1S/C51H33N5/c1-5-17-34(18-6-1)39-29-15-25-35-26-16-30-44(47(35)39)46-33-45(52-48(53-46)36-19-7-2-8-20-36)42-31-32-43(41-28-14-13-27-40(41)42)51-55-49(37-21-9-3-10-22-37)54-50(56-51)38-23-11-4-12-24-38/h1-33H. The Balaban J connectivity index is 1.19. The minimum absolute atomic E-state index is 0.609. The number of hydrogen-bond donors (Lipinski definition) is 0. The summed E-state index contributed by atoms with van der Waals surface area (Å²) in [5, 5.41) is 4.37. The Kier molecular flexibility index (Phi) is 8.43. The summed E-state index contributed by atoms with van der Waals surface area (Å²) in [5.74, 6) is 2.52. The smallest absolute Gasteiger partial charge is 0.164 e. The van der Waals surface area contributed by atoms with Crippen LogP contribution in [0.15, 0.2) is 200 Å². The highest BCUT2D eigenvalue weighted by Crippen LogP contribution is 2.40. The van der Waals surface area contributed by atoms with E-state index < -0.39 is 0 Å². The molecule has 2 aromatic heterocycles. The second-order valence-corrected chi connectivity index (χ2v) is 13.6. The Morgan fingerprint density at radius 2 is 0.661 bits per heavy atom. The zero-order valence-corrected chi connectivity index (χ0v) is 30.3. The van der Waals surface area contributed by atoms with Gasteiger partial charge in [0.1, 0.15) is 0 Å². The van der Waals surface area contributed by atoms with Gasteiger partial charge in [-0.3, -0.25) is 0 Å². The van der Waals surface area contributed by atoms with Crippen molar-refractivity contribution >= 4 is 21.5 Å². The molecule has 0 radical (unpaired) electrons. The summed E-state index contributed by atoms with van der Waals surface area (Å²) in [5.41, 5.74) is 9.79. The highest BCUT2D eigenvalue weighted by molar-refractivity contribution is 6.07. The van der Waals surface area contributed by atoms with Gasteiger partial charge < -0.3 is 0 Å². The number of fused-ring (bicyclic) bond motifs is 2. The van der Waals surface area contributed by atoms with Crippen molar-refractivity contribution in [3.05, 3.63) is 200 Å². The molecule has 0 amide bonds. The highest BCUT2D eigenvalue weighted by Gasteiger charge is 2.19. The fraction of sp³-hybridized carbons (Fsp3) is 0. The van der Waals surface area contributed by atoms with Gasteiger partial charge in [0.25, 0.3) is 0 Å². The first-order valence-corrected chi connectivity index (χ1v) is 18.7. The maximum Gasteiger partial charge on any atom is 0.164 e. The van der Waals surface area contributed by atoms with Crippen LogP contribution in [0.25, 0.3) is 101 Å². The van der Waals surface area contributed by atoms with Crippen molar-refractivity contribution in [2.24, 2.45) is 0 Å². The third-order valence-electron chi connectivity index (χ3n) is 10.2. The van der Waals surface area contributed by atoms with E-state index in [1.807, 2.05) is 78.9 Å². The zero-order valence-electron chi connectivity index (χ0n) is 30.3. The SMILES string of the molecule is c1ccc(-c2nc(-c3ccc(-c4nc(-c5ccccc5)nc(-c5ccccc5)n4)c4ccccc34)cc(-c3cccc4cccc(-c5ccccc5)c34)n2)cc1. The van der Waals surface area contributed by atoms with E-state index in [2.05, 4.69) is 121 Å². The van der Waals surface area contributed by atoms with E-state index in [1.54, 1.807) is 0 Å². The Morgan fingerprint density at radius 3 is 1.21 bits per heavy atom. The predicted octanol–water partition coefficient (Wildman–Crippen LogP) is 12.6. The van der Waals surface area contributed by atoms with Crippen LogP contribution in [0.5, 0.6) is 0 Å². The van der Waals surface area contributed by atoms with Gasteiger partial charge >= 0.3 is 0 Å². The Hall–Kier alpha value is -7.63. The molecule has 10 aromatic rings. The first kappa shape index (κ1) is 33.0. The van der Waals surface area contributed by atoms with Gasteiger partial charge in [-0.15, -0.1) is 0 Å². The molecule has 0 aliphatic rings. The second-order valence-electron chi connectivity index (χ2n) is 13.6. The van der Waals surface area contributed by atoms with Gasteiger partial charge in [-0.25, -0.2) is 24.9 Å². The molecule has 0 fully saturated rings. The molecule has 0 aliphatic carbocycles. The van der Waals surface area contributed by atoms with Gasteiger partial charge in [0.15, 0.2) is 23.3 Å². The quantitative estimate of drug-likeness (QED) is 0.164. The van der Waals surface area contributed by atoms with E-state index in [-0.39, 0.29) is 0 Å². The number of aromatic nitrogens is 5. The lowest BCUT2D eigenvalue weighted by Gasteiger charge is -2.16. The van der Waals surface area contributed by atoms with Crippen molar-refractivity contribution in [3.63, 3.8) is 0 Å². The van der Waals surface area contributed by atoms with E-state index >= 15 is 0 Å². The monoisotopic (exact) mass is 715 g/mol. The van der Waals surface area contributed by atoms with Crippen LogP contribution in [-0.4, -0.2) is 24.9 Å². The summed E-state index contributed by atoms with van der Waals surface area (Å²) in [4.78, 5) is 25.6. The summed E-state index contributed by atoms with van der Waals surface area (Å²) in [6, 6.07) is 68.7. The fourth-order valence-electron chi connectivity index (χ4n) is 7.50. The molecular weight excluding hydrogens is 683 g/mol. The first-order valence-electron chi connectivity index (χ1n) is 18.7. The average Bonchev–Trinajstić information content (AvgIpc) is 3.29. The Labute approximate surface area is 324 Å².